The molecule has 1 heterocycles. The third kappa shape index (κ3) is 6.78. The summed E-state index contributed by atoms with van der Waals surface area (Å²) < 4.78 is 50.2. The van der Waals surface area contributed by atoms with E-state index in [1.165, 1.54) is 23.6 Å². The average molecular weight is 486 g/mol. The molecule has 0 atom stereocenters. The molecule has 0 spiro atoms. The number of benzene rings is 3. The van der Waals surface area contributed by atoms with Gasteiger partial charge in [0, 0.05) is 12.1 Å². The topological polar surface area (TPSA) is 38.8 Å². The molecule has 35 heavy (non-hydrogen) atoms. The predicted octanol–water partition coefficient (Wildman–Crippen LogP) is 7.45. The lowest BCUT2D eigenvalue weighted by atomic mass is 9.92. The van der Waals surface area contributed by atoms with E-state index in [1.807, 2.05) is 50.2 Å². The molecule has 0 aromatic heterocycles. The lowest BCUT2D eigenvalue weighted by Crippen LogP contribution is -2.24. The van der Waals surface area contributed by atoms with Crippen LogP contribution in [0.1, 0.15) is 42.0 Å². The lowest BCUT2D eigenvalue weighted by Gasteiger charge is -2.20. The Labute approximate surface area is 204 Å². The van der Waals surface area contributed by atoms with Gasteiger partial charge in [-0.25, -0.2) is 4.79 Å². The predicted molar refractivity (Wildman–Crippen MR) is 130 cm³/mol. The molecule has 0 bridgehead atoms. The maximum absolute atomic E-state index is 13.3. The van der Waals surface area contributed by atoms with Gasteiger partial charge in [0.2, 0.25) is 0 Å². The van der Waals surface area contributed by atoms with Gasteiger partial charge < -0.3 is 14.4 Å². The zero-order chi connectivity index (χ0) is 25.6. The zero-order valence-electron chi connectivity index (χ0n) is 20.4. The number of ether oxygens (including phenoxy) is 2. The van der Waals surface area contributed by atoms with Crippen molar-refractivity contribution in [1.29, 1.82) is 0 Å². The SMILES string of the molecule is COc1ccc(C(C)C)cc1-c1ccc(C(F)(F)F)cc1CN1CCOC1=O.Cc1ccccc1. The highest BCUT2D eigenvalue weighted by molar-refractivity contribution is 5.76. The Kier molecular flexibility index (Phi) is 8.43. The van der Waals surface area contributed by atoms with Gasteiger partial charge in [0.25, 0.3) is 0 Å². The number of hydrogen-bond acceptors (Lipinski definition) is 3. The summed E-state index contributed by atoms with van der Waals surface area (Å²) in [6.45, 7) is 6.78. The van der Waals surface area contributed by atoms with Crippen LogP contribution in [-0.2, 0) is 17.5 Å². The summed E-state index contributed by atoms with van der Waals surface area (Å²) in [5.41, 5.74) is 3.31. The van der Waals surface area contributed by atoms with E-state index in [0.29, 0.717) is 29.0 Å². The number of nitrogens with zero attached hydrogens (tertiary/aromatic N) is 1. The van der Waals surface area contributed by atoms with Crippen molar-refractivity contribution in [2.45, 2.75) is 39.4 Å². The molecule has 1 saturated heterocycles. The third-order valence-corrected chi connectivity index (χ3v) is 5.76. The van der Waals surface area contributed by atoms with Crippen LogP contribution in [0.3, 0.4) is 0 Å². The van der Waals surface area contributed by atoms with Crippen LogP contribution in [-0.4, -0.2) is 31.3 Å². The second kappa shape index (κ2) is 11.3. The minimum Gasteiger partial charge on any atom is -0.496 e. The number of amides is 1. The summed E-state index contributed by atoms with van der Waals surface area (Å²) in [4.78, 5) is 13.2. The fourth-order valence-corrected chi connectivity index (χ4v) is 3.77. The Hall–Kier alpha value is -3.48. The van der Waals surface area contributed by atoms with E-state index < -0.39 is 17.8 Å². The molecular formula is C28H30F3NO3. The lowest BCUT2D eigenvalue weighted by molar-refractivity contribution is -0.137. The highest BCUT2D eigenvalue weighted by Gasteiger charge is 2.32. The van der Waals surface area contributed by atoms with Gasteiger partial charge in [0.1, 0.15) is 12.4 Å². The molecule has 1 amide bonds. The second-order valence-electron chi connectivity index (χ2n) is 8.67. The molecule has 3 aromatic rings. The van der Waals surface area contributed by atoms with Crippen molar-refractivity contribution < 1.29 is 27.4 Å². The van der Waals surface area contributed by atoms with Crippen molar-refractivity contribution in [2.24, 2.45) is 0 Å². The molecule has 1 aliphatic rings. The van der Waals surface area contributed by atoms with Crippen molar-refractivity contribution in [3.05, 3.63) is 89.0 Å². The molecule has 1 aliphatic heterocycles. The Bertz CT molecular complexity index is 1140. The number of methoxy groups -OCH3 is 1. The maximum Gasteiger partial charge on any atom is 0.416 e. The molecule has 0 aliphatic carbocycles. The van der Waals surface area contributed by atoms with Gasteiger partial charge in [0.05, 0.1) is 19.2 Å². The van der Waals surface area contributed by atoms with Crippen LogP contribution in [0.4, 0.5) is 18.0 Å². The maximum atomic E-state index is 13.3. The van der Waals surface area contributed by atoms with Gasteiger partial charge in [-0.15, -0.1) is 0 Å². The number of carbonyl (C=O) groups excluding carboxylic acids is 1. The molecular weight excluding hydrogens is 455 g/mol. The van der Waals surface area contributed by atoms with Gasteiger partial charge in [-0.2, -0.15) is 13.2 Å². The Morgan fingerprint density at radius 1 is 1.00 bits per heavy atom. The van der Waals surface area contributed by atoms with Crippen LogP contribution in [0.15, 0.2) is 66.7 Å². The summed E-state index contributed by atoms with van der Waals surface area (Å²) in [6.07, 6.45) is -4.99. The third-order valence-electron chi connectivity index (χ3n) is 5.76. The molecule has 7 heteroatoms. The van der Waals surface area contributed by atoms with Crippen molar-refractivity contribution >= 4 is 6.09 Å². The van der Waals surface area contributed by atoms with Crippen LogP contribution in [0.2, 0.25) is 0 Å². The van der Waals surface area contributed by atoms with Crippen molar-refractivity contribution in [3.63, 3.8) is 0 Å². The summed E-state index contributed by atoms with van der Waals surface area (Å²) in [5, 5.41) is 0. The summed E-state index contributed by atoms with van der Waals surface area (Å²) >= 11 is 0. The van der Waals surface area contributed by atoms with Crippen LogP contribution in [0, 0.1) is 6.92 Å². The minimum atomic E-state index is -4.47. The molecule has 0 N–H and O–H groups in total. The van der Waals surface area contributed by atoms with E-state index >= 15 is 0 Å². The number of cyclic esters (lactones) is 1. The molecule has 4 rings (SSSR count). The quantitative estimate of drug-likeness (QED) is 0.377. The van der Waals surface area contributed by atoms with E-state index in [9.17, 15) is 18.0 Å². The number of alkyl halides is 3. The molecule has 0 unspecified atom stereocenters. The van der Waals surface area contributed by atoms with Gasteiger partial charge in [0.15, 0.2) is 0 Å². The number of rotatable bonds is 5. The summed E-state index contributed by atoms with van der Waals surface area (Å²) in [7, 11) is 1.52. The van der Waals surface area contributed by atoms with E-state index in [4.69, 9.17) is 9.47 Å². The Balaban J connectivity index is 0.000000420. The number of hydrogen-bond donors (Lipinski definition) is 0. The van der Waals surface area contributed by atoms with Crippen molar-refractivity contribution in [2.75, 3.05) is 20.3 Å². The Morgan fingerprint density at radius 2 is 1.71 bits per heavy atom. The first-order chi connectivity index (χ1) is 16.6. The Morgan fingerprint density at radius 3 is 2.23 bits per heavy atom. The van der Waals surface area contributed by atoms with E-state index in [2.05, 4.69) is 19.1 Å². The number of halogens is 3. The second-order valence-corrected chi connectivity index (χ2v) is 8.67. The highest BCUT2D eigenvalue weighted by Crippen LogP contribution is 2.38. The molecule has 3 aromatic carbocycles. The first kappa shape index (κ1) is 26.1. The molecule has 0 radical (unpaired) electrons. The standard InChI is InChI=1S/C21H22F3NO3.C7H8/c1-13(2)14-4-7-19(27-3)18(11-14)17-6-5-16(21(22,23)24)10-15(17)12-25-8-9-28-20(25)26;1-7-5-3-2-4-6-7/h4-7,10-11,13H,8-9,12H2,1-3H3;2-6H,1H3. The highest BCUT2D eigenvalue weighted by atomic mass is 19.4. The first-order valence-corrected chi connectivity index (χ1v) is 11.4. The van der Waals surface area contributed by atoms with Gasteiger partial charge >= 0.3 is 12.3 Å². The van der Waals surface area contributed by atoms with E-state index in [-0.39, 0.29) is 19.1 Å². The van der Waals surface area contributed by atoms with Crippen molar-refractivity contribution in [1.82, 2.24) is 4.90 Å². The summed E-state index contributed by atoms with van der Waals surface area (Å²) in [5.74, 6) is 0.811. The summed E-state index contributed by atoms with van der Waals surface area (Å²) in [6, 6.07) is 19.5. The molecule has 186 valence electrons. The van der Waals surface area contributed by atoms with Gasteiger partial charge in [-0.3, -0.25) is 0 Å². The molecule has 4 nitrogen and oxygen atoms in total. The first-order valence-electron chi connectivity index (χ1n) is 11.4. The van der Waals surface area contributed by atoms with Crippen LogP contribution in [0.5, 0.6) is 5.75 Å². The zero-order valence-corrected chi connectivity index (χ0v) is 20.4. The van der Waals surface area contributed by atoms with Gasteiger partial charge in [-0.05, 0) is 53.8 Å². The number of aryl methyl sites for hydroxylation is 1. The monoisotopic (exact) mass is 485 g/mol. The van der Waals surface area contributed by atoms with Crippen LogP contribution in [0.25, 0.3) is 11.1 Å². The van der Waals surface area contributed by atoms with E-state index in [1.54, 1.807) is 0 Å². The van der Waals surface area contributed by atoms with Gasteiger partial charge in [-0.1, -0.05) is 61.9 Å². The van der Waals surface area contributed by atoms with Crippen LogP contribution >= 0.6 is 0 Å². The average Bonchev–Trinajstić information content (AvgIpc) is 3.23. The molecule has 0 saturated carbocycles. The largest absolute Gasteiger partial charge is 0.496 e. The van der Waals surface area contributed by atoms with E-state index in [0.717, 1.165) is 17.7 Å². The fourth-order valence-electron chi connectivity index (χ4n) is 3.77. The van der Waals surface area contributed by atoms with Crippen molar-refractivity contribution in [3.8, 4) is 16.9 Å². The minimum absolute atomic E-state index is 0.0349. The van der Waals surface area contributed by atoms with Crippen LogP contribution < -0.4 is 4.74 Å². The normalized spacial score (nSPS) is 13.4. The smallest absolute Gasteiger partial charge is 0.416 e. The molecule has 1 fully saturated rings. The fraction of sp³-hybridized carbons (Fsp3) is 0.321. The number of carbonyl (C=O) groups is 1.